The second kappa shape index (κ2) is 8.89. The highest BCUT2D eigenvalue weighted by Gasteiger charge is 2.21. The molecule has 0 radical (unpaired) electrons. The molecule has 0 aliphatic heterocycles. The highest BCUT2D eigenvalue weighted by Crippen LogP contribution is 2.26. The van der Waals surface area contributed by atoms with E-state index >= 15 is 0 Å². The number of rotatable bonds is 5. The molecule has 2 aromatic carbocycles. The summed E-state index contributed by atoms with van der Waals surface area (Å²) in [5.41, 5.74) is 6.73. The zero-order valence-electron chi connectivity index (χ0n) is 15.3. The zero-order valence-corrected chi connectivity index (χ0v) is 16.1. The van der Waals surface area contributed by atoms with Crippen molar-refractivity contribution in [3.8, 4) is 0 Å². The molecule has 1 fully saturated rings. The molecule has 1 aliphatic carbocycles. The minimum absolute atomic E-state index is 0.00513. The van der Waals surface area contributed by atoms with Gasteiger partial charge in [-0.1, -0.05) is 36.9 Å². The van der Waals surface area contributed by atoms with Gasteiger partial charge in [0.2, 0.25) is 11.8 Å². The molecule has 2 aromatic rings. The number of carbonyl (C=O) groups excluding carboxylic acids is 3. The maximum absolute atomic E-state index is 12.6. The van der Waals surface area contributed by atoms with E-state index in [0.717, 1.165) is 25.7 Å². The van der Waals surface area contributed by atoms with Crippen molar-refractivity contribution in [2.75, 3.05) is 10.6 Å². The molecule has 0 spiro atoms. The standard InChI is InChI=1S/C21H22ClN3O3/c22-17-10-9-14(19(23)26)12-18(17)25-21(28)15-7-4-8-16(11-15)24-20(27)13-5-2-1-3-6-13/h4,7-13H,1-3,5-6H2,(H2,23,26)(H,24,27)(H,25,28). The lowest BCUT2D eigenvalue weighted by Gasteiger charge is -2.20. The number of nitrogens with two attached hydrogens (primary N) is 1. The Labute approximate surface area is 168 Å². The molecular weight excluding hydrogens is 378 g/mol. The highest BCUT2D eigenvalue weighted by molar-refractivity contribution is 6.34. The smallest absolute Gasteiger partial charge is 0.255 e. The third-order valence-electron chi connectivity index (χ3n) is 4.87. The number of hydrogen-bond donors (Lipinski definition) is 3. The fraction of sp³-hybridized carbons (Fsp3) is 0.286. The van der Waals surface area contributed by atoms with Crippen molar-refractivity contribution >= 4 is 40.7 Å². The average molecular weight is 400 g/mol. The Bertz CT molecular complexity index is 908. The van der Waals surface area contributed by atoms with Gasteiger partial charge in [0, 0.05) is 22.7 Å². The van der Waals surface area contributed by atoms with Crippen molar-refractivity contribution in [1.29, 1.82) is 0 Å². The lowest BCUT2D eigenvalue weighted by Crippen LogP contribution is -2.24. The maximum atomic E-state index is 12.6. The van der Waals surface area contributed by atoms with Crippen LogP contribution in [0.2, 0.25) is 5.02 Å². The summed E-state index contributed by atoms with van der Waals surface area (Å²) in [6.45, 7) is 0. The Hall–Kier alpha value is -2.86. The van der Waals surface area contributed by atoms with Crippen LogP contribution >= 0.6 is 11.6 Å². The average Bonchev–Trinajstić information content (AvgIpc) is 2.70. The van der Waals surface area contributed by atoms with E-state index in [0.29, 0.717) is 22.0 Å². The number of nitrogens with one attached hydrogen (secondary N) is 2. The van der Waals surface area contributed by atoms with Gasteiger partial charge in [-0.05, 0) is 49.2 Å². The summed E-state index contributed by atoms with van der Waals surface area (Å²) in [4.78, 5) is 36.3. The van der Waals surface area contributed by atoms with Crippen LogP contribution < -0.4 is 16.4 Å². The van der Waals surface area contributed by atoms with E-state index < -0.39 is 11.8 Å². The molecule has 6 nitrogen and oxygen atoms in total. The first-order valence-corrected chi connectivity index (χ1v) is 9.63. The molecule has 3 amide bonds. The van der Waals surface area contributed by atoms with Crippen LogP contribution in [0, 0.1) is 5.92 Å². The largest absolute Gasteiger partial charge is 0.366 e. The Morgan fingerprint density at radius 3 is 2.39 bits per heavy atom. The molecule has 4 N–H and O–H groups in total. The van der Waals surface area contributed by atoms with Crippen molar-refractivity contribution in [3.63, 3.8) is 0 Å². The van der Waals surface area contributed by atoms with Crippen LogP contribution in [0.15, 0.2) is 42.5 Å². The van der Waals surface area contributed by atoms with E-state index in [-0.39, 0.29) is 17.4 Å². The van der Waals surface area contributed by atoms with Gasteiger partial charge in [-0.15, -0.1) is 0 Å². The van der Waals surface area contributed by atoms with Gasteiger partial charge in [-0.25, -0.2) is 0 Å². The molecule has 0 aromatic heterocycles. The van der Waals surface area contributed by atoms with Crippen LogP contribution in [0.5, 0.6) is 0 Å². The molecule has 0 unspecified atom stereocenters. The van der Waals surface area contributed by atoms with Gasteiger partial charge in [0.15, 0.2) is 0 Å². The number of benzene rings is 2. The number of carbonyl (C=O) groups is 3. The molecule has 3 rings (SSSR count). The topological polar surface area (TPSA) is 101 Å². The van der Waals surface area contributed by atoms with Crippen LogP contribution in [0.3, 0.4) is 0 Å². The van der Waals surface area contributed by atoms with E-state index in [9.17, 15) is 14.4 Å². The summed E-state index contributed by atoms with van der Waals surface area (Å²) in [6, 6.07) is 11.1. The summed E-state index contributed by atoms with van der Waals surface area (Å²) in [5, 5.41) is 5.87. The van der Waals surface area contributed by atoms with Gasteiger partial charge >= 0.3 is 0 Å². The first-order chi connectivity index (χ1) is 13.4. The summed E-state index contributed by atoms with van der Waals surface area (Å²) in [5.74, 6) is -0.993. The molecule has 146 valence electrons. The van der Waals surface area contributed by atoms with Gasteiger partial charge in [0.1, 0.15) is 0 Å². The predicted molar refractivity (Wildman–Crippen MR) is 110 cm³/mol. The molecule has 0 heterocycles. The zero-order chi connectivity index (χ0) is 20.1. The third kappa shape index (κ3) is 4.89. The van der Waals surface area contributed by atoms with Gasteiger partial charge in [-0.2, -0.15) is 0 Å². The van der Waals surface area contributed by atoms with Crippen molar-refractivity contribution in [1.82, 2.24) is 0 Å². The highest BCUT2D eigenvalue weighted by atomic mass is 35.5. The molecule has 0 bridgehead atoms. The fourth-order valence-electron chi connectivity index (χ4n) is 3.32. The Morgan fingerprint density at radius 1 is 0.929 bits per heavy atom. The Morgan fingerprint density at radius 2 is 1.68 bits per heavy atom. The maximum Gasteiger partial charge on any atom is 0.255 e. The lowest BCUT2D eigenvalue weighted by molar-refractivity contribution is -0.120. The normalized spacial score (nSPS) is 14.3. The van der Waals surface area contributed by atoms with E-state index in [1.807, 2.05) is 0 Å². The SMILES string of the molecule is NC(=O)c1ccc(Cl)c(NC(=O)c2cccc(NC(=O)C3CCCCC3)c2)c1. The van der Waals surface area contributed by atoms with Crippen LogP contribution in [-0.2, 0) is 4.79 Å². The molecule has 28 heavy (non-hydrogen) atoms. The number of anilines is 2. The van der Waals surface area contributed by atoms with Gasteiger partial charge < -0.3 is 16.4 Å². The van der Waals surface area contributed by atoms with Crippen LogP contribution in [0.25, 0.3) is 0 Å². The van der Waals surface area contributed by atoms with E-state index in [4.69, 9.17) is 17.3 Å². The number of hydrogen-bond acceptors (Lipinski definition) is 3. The number of primary amides is 1. The third-order valence-corrected chi connectivity index (χ3v) is 5.20. The van der Waals surface area contributed by atoms with Crippen molar-refractivity contribution in [3.05, 3.63) is 58.6 Å². The molecule has 0 saturated heterocycles. The van der Waals surface area contributed by atoms with E-state index in [2.05, 4.69) is 10.6 Å². The quantitative estimate of drug-likeness (QED) is 0.701. The summed E-state index contributed by atoms with van der Waals surface area (Å²) in [7, 11) is 0. The first kappa shape index (κ1) is 19.9. The molecule has 1 aliphatic rings. The van der Waals surface area contributed by atoms with Crippen molar-refractivity contribution < 1.29 is 14.4 Å². The summed E-state index contributed by atoms with van der Waals surface area (Å²) < 4.78 is 0. The number of halogens is 1. The van der Waals surface area contributed by atoms with Gasteiger partial charge in [-0.3, -0.25) is 14.4 Å². The van der Waals surface area contributed by atoms with Crippen molar-refractivity contribution in [2.45, 2.75) is 32.1 Å². The summed E-state index contributed by atoms with van der Waals surface area (Å²) >= 11 is 6.09. The predicted octanol–water partition coefficient (Wildman–Crippen LogP) is 4.21. The number of amides is 3. The minimum Gasteiger partial charge on any atom is -0.366 e. The van der Waals surface area contributed by atoms with E-state index in [1.165, 1.54) is 24.6 Å². The van der Waals surface area contributed by atoms with Crippen LogP contribution in [0.4, 0.5) is 11.4 Å². The molecular formula is C21H22ClN3O3. The Balaban J connectivity index is 1.71. The molecule has 7 heteroatoms. The monoisotopic (exact) mass is 399 g/mol. The van der Waals surface area contributed by atoms with Crippen molar-refractivity contribution in [2.24, 2.45) is 11.7 Å². The second-order valence-corrected chi connectivity index (χ2v) is 7.33. The Kier molecular flexibility index (Phi) is 6.31. The van der Waals surface area contributed by atoms with Crippen LogP contribution in [-0.4, -0.2) is 17.7 Å². The van der Waals surface area contributed by atoms with Gasteiger partial charge in [0.25, 0.3) is 5.91 Å². The summed E-state index contributed by atoms with van der Waals surface area (Å²) in [6.07, 6.45) is 5.14. The van der Waals surface area contributed by atoms with Gasteiger partial charge in [0.05, 0.1) is 10.7 Å². The van der Waals surface area contributed by atoms with Crippen LogP contribution in [0.1, 0.15) is 52.8 Å². The minimum atomic E-state index is -0.611. The second-order valence-electron chi connectivity index (χ2n) is 6.92. The van der Waals surface area contributed by atoms with E-state index in [1.54, 1.807) is 24.3 Å². The molecule has 0 atom stereocenters. The lowest BCUT2D eigenvalue weighted by atomic mass is 9.88. The molecule has 1 saturated carbocycles. The first-order valence-electron chi connectivity index (χ1n) is 9.25. The fourth-order valence-corrected chi connectivity index (χ4v) is 3.48.